The maximum absolute atomic E-state index is 6.17. The molecule has 2 aromatic rings. The van der Waals surface area contributed by atoms with Gasteiger partial charge in [0.15, 0.2) is 11.9 Å². The summed E-state index contributed by atoms with van der Waals surface area (Å²) in [6.45, 7) is 3.32. The first-order valence-electron chi connectivity index (χ1n) is 6.52. The fourth-order valence-electron chi connectivity index (χ4n) is 2.23. The van der Waals surface area contributed by atoms with E-state index in [4.69, 9.17) is 26.8 Å². The van der Waals surface area contributed by atoms with Crippen LogP contribution in [0.2, 0.25) is 5.02 Å². The van der Waals surface area contributed by atoms with E-state index in [0.717, 1.165) is 27.8 Å². The van der Waals surface area contributed by atoms with Crippen molar-refractivity contribution in [1.82, 2.24) is 14.8 Å². The Bertz CT molecular complexity index is 662. The van der Waals surface area contributed by atoms with Gasteiger partial charge in [-0.15, -0.1) is 10.2 Å². The summed E-state index contributed by atoms with van der Waals surface area (Å²) in [5.41, 5.74) is 7.80. The molecule has 6 nitrogen and oxygen atoms in total. The first-order chi connectivity index (χ1) is 10.2. The van der Waals surface area contributed by atoms with E-state index < -0.39 is 0 Å². The second kappa shape index (κ2) is 6.13. The largest absolute Gasteiger partial charge is 0.467 e. The molecule has 1 aliphatic heterocycles. The lowest BCUT2D eigenvalue weighted by Crippen LogP contribution is -2.15. The van der Waals surface area contributed by atoms with Crippen molar-refractivity contribution in [3.8, 4) is 5.75 Å². The van der Waals surface area contributed by atoms with Crippen molar-refractivity contribution in [3.05, 3.63) is 28.3 Å². The summed E-state index contributed by atoms with van der Waals surface area (Å²) in [6.07, 6.45) is 0. The van der Waals surface area contributed by atoms with E-state index in [1.807, 2.05) is 16.7 Å². The van der Waals surface area contributed by atoms with Crippen LogP contribution in [0.4, 0.5) is 5.95 Å². The van der Waals surface area contributed by atoms with Crippen LogP contribution in [0.15, 0.2) is 17.3 Å². The molecule has 0 spiro atoms. The minimum Gasteiger partial charge on any atom is -0.467 e. The van der Waals surface area contributed by atoms with Gasteiger partial charge in [-0.3, -0.25) is 4.57 Å². The Balaban J connectivity index is 1.98. The molecule has 0 saturated heterocycles. The molecule has 0 aliphatic carbocycles. The van der Waals surface area contributed by atoms with Crippen molar-refractivity contribution < 1.29 is 9.47 Å². The molecular formula is C13H15ClN4O2S. The predicted molar refractivity (Wildman–Crippen MR) is 81.7 cm³/mol. The number of nitrogens with zero attached hydrogens (tertiary/aromatic N) is 3. The van der Waals surface area contributed by atoms with Gasteiger partial charge in [-0.2, -0.15) is 0 Å². The number of fused-ring (bicyclic) bond motifs is 1. The topological polar surface area (TPSA) is 75.2 Å². The van der Waals surface area contributed by atoms with E-state index in [2.05, 4.69) is 17.1 Å². The summed E-state index contributed by atoms with van der Waals surface area (Å²) in [7, 11) is 0. The van der Waals surface area contributed by atoms with Crippen molar-refractivity contribution in [3.63, 3.8) is 0 Å². The molecule has 0 bridgehead atoms. The van der Waals surface area contributed by atoms with E-state index in [-0.39, 0.29) is 6.79 Å². The van der Waals surface area contributed by atoms with E-state index in [9.17, 15) is 0 Å². The smallest absolute Gasteiger partial charge is 0.223 e. The summed E-state index contributed by atoms with van der Waals surface area (Å²) >= 11 is 7.77. The lowest BCUT2D eigenvalue weighted by atomic mass is 10.1. The molecule has 2 N–H and O–H groups in total. The number of hydrogen-bond donors (Lipinski definition) is 1. The second-order valence-electron chi connectivity index (χ2n) is 4.52. The average Bonchev–Trinajstić information content (AvgIpc) is 2.80. The van der Waals surface area contributed by atoms with Gasteiger partial charge in [-0.25, -0.2) is 0 Å². The van der Waals surface area contributed by atoms with Crippen molar-refractivity contribution in [2.45, 2.75) is 25.2 Å². The first-order valence-corrected chi connectivity index (χ1v) is 7.88. The summed E-state index contributed by atoms with van der Waals surface area (Å²) in [6, 6.07) is 3.74. The van der Waals surface area contributed by atoms with Gasteiger partial charge in [-0.1, -0.05) is 30.3 Å². The normalized spacial score (nSPS) is 13.8. The monoisotopic (exact) mass is 326 g/mol. The highest BCUT2D eigenvalue weighted by Gasteiger charge is 2.19. The molecule has 8 heteroatoms. The minimum atomic E-state index is 0.246. The van der Waals surface area contributed by atoms with Gasteiger partial charge in [0.05, 0.1) is 13.2 Å². The Morgan fingerprint density at radius 1 is 1.43 bits per heavy atom. The number of halogens is 1. The number of rotatable bonds is 4. The number of thioether (sulfide) groups is 1. The number of nitrogen functional groups attached to an aromatic ring is 1. The van der Waals surface area contributed by atoms with Crippen LogP contribution in [0.1, 0.15) is 18.1 Å². The zero-order valence-electron chi connectivity index (χ0n) is 11.5. The van der Waals surface area contributed by atoms with Crippen LogP contribution in [-0.2, 0) is 17.9 Å². The van der Waals surface area contributed by atoms with E-state index >= 15 is 0 Å². The van der Waals surface area contributed by atoms with Crippen molar-refractivity contribution in [1.29, 1.82) is 0 Å². The third-order valence-corrected chi connectivity index (χ3v) is 4.17. The highest BCUT2D eigenvalue weighted by molar-refractivity contribution is 7.99. The molecule has 0 amide bonds. The lowest BCUT2D eigenvalue weighted by molar-refractivity contribution is -0.0171. The van der Waals surface area contributed by atoms with Crippen LogP contribution < -0.4 is 10.5 Å². The molecule has 1 aliphatic rings. The van der Waals surface area contributed by atoms with Crippen molar-refractivity contribution in [2.24, 2.45) is 0 Å². The molecule has 0 atom stereocenters. The van der Waals surface area contributed by atoms with Crippen LogP contribution in [0, 0.1) is 0 Å². The fraction of sp³-hybridized carbons (Fsp3) is 0.385. The Morgan fingerprint density at radius 2 is 2.29 bits per heavy atom. The van der Waals surface area contributed by atoms with Gasteiger partial charge < -0.3 is 15.2 Å². The third-order valence-electron chi connectivity index (χ3n) is 3.10. The maximum Gasteiger partial charge on any atom is 0.223 e. The number of aromatic nitrogens is 3. The lowest BCUT2D eigenvalue weighted by Gasteiger charge is -2.21. The molecule has 112 valence electrons. The number of ether oxygens (including phenoxy) is 2. The van der Waals surface area contributed by atoms with Crippen LogP contribution in [0.5, 0.6) is 5.75 Å². The molecule has 1 aromatic heterocycles. The van der Waals surface area contributed by atoms with Gasteiger partial charge in [0.2, 0.25) is 5.95 Å². The summed E-state index contributed by atoms with van der Waals surface area (Å²) in [4.78, 5) is 0. The molecule has 0 unspecified atom stereocenters. The zero-order valence-corrected chi connectivity index (χ0v) is 13.1. The summed E-state index contributed by atoms with van der Waals surface area (Å²) in [5.74, 6) is 2.09. The van der Waals surface area contributed by atoms with Crippen LogP contribution >= 0.6 is 23.4 Å². The number of nitrogens with two attached hydrogens (primary N) is 1. The average molecular weight is 327 g/mol. The van der Waals surface area contributed by atoms with Crippen LogP contribution in [-0.4, -0.2) is 27.3 Å². The first kappa shape index (κ1) is 14.5. The third kappa shape index (κ3) is 2.95. The van der Waals surface area contributed by atoms with Gasteiger partial charge in [0.25, 0.3) is 0 Å². The quantitative estimate of drug-likeness (QED) is 0.870. The number of benzene rings is 1. The Kier molecular flexibility index (Phi) is 4.23. The van der Waals surface area contributed by atoms with Gasteiger partial charge in [-0.05, 0) is 17.9 Å². The molecular weight excluding hydrogens is 312 g/mol. The Hall–Kier alpha value is -1.44. The summed E-state index contributed by atoms with van der Waals surface area (Å²) in [5, 5.41) is 9.46. The zero-order chi connectivity index (χ0) is 14.8. The van der Waals surface area contributed by atoms with Crippen LogP contribution in [0.25, 0.3) is 0 Å². The maximum atomic E-state index is 6.17. The highest BCUT2D eigenvalue weighted by atomic mass is 35.5. The Labute approximate surface area is 131 Å². The molecule has 2 heterocycles. The standard InChI is InChI=1S/C13H15ClN4O2S/c1-2-21-13-17-16-12(15)18(13)5-8-3-10(14)4-9-6-19-7-20-11(8)9/h3-4H,2,5-7H2,1H3,(H2,15,16). The second-order valence-corrected chi connectivity index (χ2v) is 6.19. The molecule has 0 fully saturated rings. The van der Waals surface area contributed by atoms with Crippen molar-refractivity contribution >= 4 is 29.3 Å². The van der Waals surface area contributed by atoms with Gasteiger partial charge >= 0.3 is 0 Å². The molecule has 0 saturated carbocycles. The van der Waals surface area contributed by atoms with E-state index in [1.54, 1.807) is 11.8 Å². The summed E-state index contributed by atoms with van der Waals surface area (Å²) < 4.78 is 12.8. The SMILES string of the molecule is CCSc1nnc(N)n1Cc1cc(Cl)cc2c1OCOC2. The predicted octanol–water partition coefficient (Wildman–Crippen LogP) is 2.54. The number of anilines is 1. The molecule has 1 aromatic carbocycles. The Morgan fingerprint density at radius 3 is 3.10 bits per heavy atom. The fourth-order valence-corrected chi connectivity index (χ4v) is 3.16. The van der Waals surface area contributed by atoms with E-state index in [1.165, 1.54) is 0 Å². The molecule has 21 heavy (non-hydrogen) atoms. The highest BCUT2D eigenvalue weighted by Crippen LogP contribution is 2.33. The van der Waals surface area contributed by atoms with Gasteiger partial charge in [0.1, 0.15) is 5.75 Å². The number of hydrogen-bond acceptors (Lipinski definition) is 6. The van der Waals surface area contributed by atoms with Gasteiger partial charge in [0, 0.05) is 16.1 Å². The van der Waals surface area contributed by atoms with Crippen molar-refractivity contribution in [2.75, 3.05) is 18.3 Å². The molecule has 0 radical (unpaired) electrons. The minimum absolute atomic E-state index is 0.246. The van der Waals surface area contributed by atoms with E-state index in [0.29, 0.717) is 24.1 Å². The molecule has 3 rings (SSSR count). The van der Waals surface area contributed by atoms with Crippen LogP contribution in [0.3, 0.4) is 0 Å².